The van der Waals surface area contributed by atoms with Crippen LogP contribution < -0.4 is 5.32 Å². The Morgan fingerprint density at radius 3 is 2.52 bits per heavy atom. The van der Waals surface area contributed by atoms with E-state index in [1.165, 1.54) is 0 Å². The first-order valence-corrected chi connectivity index (χ1v) is 9.54. The van der Waals surface area contributed by atoms with Crippen LogP contribution in [0, 0.1) is 5.92 Å². The molecule has 0 fully saturated rings. The summed E-state index contributed by atoms with van der Waals surface area (Å²) >= 11 is 0. The van der Waals surface area contributed by atoms with Gasteiger partial charge in [-0.15, -0.1) is 0 Å². The second-order valence-electron chi connectivity index (χ2n) is 7.34. The van der Waals surface area contributed by atoms with Crippen LogP contribution in [0.3, 0.4) is 0 Å². The summed E-state index contributed by atoms with van der Waals surface area (Å²) in [4.78, 5) is 21.9. The fraction of sp³-hybridized carbons (Fsp3) is 0.318. The van der Waals surface area contributed by atoms with Crippen molar-refractivity contribution in [2.45, 2.75) is 33.2 Å². The fourth-order valence-corrected chi connectivity index (χ4v) is 3.41. The number of aromatic nitrogens is 3. The second kappa shape index (κ2) is 7.35. The van der Waals surface area contributed by atoms with E-state index < -0.39 is 0 Å². The number of carbonyl (C=O) groups excluding carboxylic acids is 1. The molecule has 0 radical (unpaired) electrons. The van der Waals surface area contributed by atoms with Gasteiger partial charge in [-0.25, -0.2) is 9.97 Å². The number of aryl methyl sites for hydroxylation is 1. The molecular formula is C22H24N4O. The molecule has 0 spiro atoms. The number of fused-ring (bicyclic) bond motifs is 4. The van der Waals surface area contributed by atoms with Gasteiger partial charge < -0.3 is 9.88 Å². The van der Waals surface area contributed by atoms with Gasteiger partial charge >= 0.3 is 0 Å². The molecule has 138 valence electrons. The normalized spacial score (nSPS) is 11.7. The molecule has 5 nitrogen and oxygen atoms in total. The number of hydrogen-bond acceptors (Lipinski definition) is 3. The van der Waals surface area contributed by atoms with Gasteiger partial charge in [0.15, 0.2) is 5.65 Å². The van der Waals surface area contributed by atoms with Gasteiger partial charge in [-0.05, 0) is 30.5 Å². The van der Waals surface area contributed by atoms with Crippen LogP contribution in [-0.4, -0.2) is 27.0 Å². The summed E-state index contributed by atoms with van der Waals surface area (Å²) in [6, 6.07) is 16.1. The highest BCUT2D eigenvalue weighted by Crippen LogP contribution is 2.28. The quantitative estimate of drug-likeness (QED) is 0.558. The summed E-state index contributed by atoms with van der Waals surface area (Å²) < 4.78 is 2.12. The van der Waals surface area contributed by atoms with E-state index in [1.807, 2.05) is 36.4 Å². The highest BCUT2D eigenvalue weighted by molar-refractivity contribution is 6.06. The Labute approximate surface area is 158 Å². The van der Waals surface area contributed by atoms with Gasteiger partial charge in [0.05, 0.1) is 16.6 Å². The van der Waals surface area contributed by atoms with Crippen LogP contribution in [0.2, 0.25) is 0 Å². The van der Waals surface area contributed by atoms with Crippen molar-refractivity contribution in [2.24, 2.45) is 5.92 Å². The lowest BCUT2D eigenvalue weighted by atomic mass is 10.1. The minimum absolute atomic E-state index is 0.0790. The van der Waals surface area contributed by atoms with Crippen LogP contribution >= 0.6 is 0 Å². The number of para-hydroxylation sites is 3. The number of hydrogen-bond donors (Lipinski definition) is 1. The highest BCUT2D eigenvalue weighted by Gasteiger charge is 2.15. The third-order valence-electron chi connectivity index (χ3n) is 4.86. The predicted octanol–water partition coefficient (Wildman–Crippen LogP) is 4.29. The lowest BCUT2D eigenvalue weighted by Crippen LogP contribution is -2.26. The first-order valence-electron chi connectivity index (χ1n) is 9.54. The molecule has 2 aromatic carbocycles. The molecule has 27 heavy (non-hydrogen) atoms. The van der Waals surface area contributed by atoms with E-state index in [2.05, 4.69) is 35.9 Å². The molecule has 0 bridgehead atoms. The molecule has 0 unspecified atom stereocenters. The van der Waals surface area contributed by atoms with Crippen LogP contribution in [0.5, 0.6) is 0 Å². The van der Waals surface area contributed by atoms with Crippen molar-refractivity contribution < 1.29 is 4.79 Å². The Kier molecular flexibility index (Phi) is 4.75. The summed E-state index contributed by atoms with van der Waals surface area (Å²) in [6.45, 7) is 5.64. The Hall–Kier alpha value is -2.95. The lowest BCUT2D eigenvalue weighted by Gasteiger charge is -2.09. The maximum atomic E-state index is 12.2. The Morgan fingerprint density at radius 1 is 1.04 bits per heavy atom. The molecule has 4 aromatic rings. The van der Waals surface area contributed by atoms with Crippen LogP contribution in [0.25, 0.3) is 33.1 Å². The molecule has 0 aliphatic carbocycles. The largest absolute Gasteiger partial charge is 0.356 e. The van der Waals surface area contributed by atoms with E-state index in [1.54, 1.807) is 0 Å². The molecule has 0 aliphatic rings. The second-order valence-corrected chi connectivity index (χ2v) is 7.34. The number of nitrogens with zero attached hydrogens (tertiary/aromatic N) is 3. The maximum Gasteiger partial charge on any atom is 0.221 e. The molecule has 0 saturated carbocycles. The minimum atomic E-state index is 0.0790. The topological polar surface area (TPSA) is 59.8 Å². The van der Waals surface area contributed by atoms with Crippen molar-refractivity contribution in [1.82, 2.24) is 19.9 Å². The van der Waals surface area contributed by atoms with Crippen molar-refractivity contribution in [1.29, 1.82) is 0 Å². The van der Waals surface area contributed by atoms with E-state index >= 15 is 0 Å². The monoisotopic (exact) mass is 360 g/mol. The molecule has 0 aliphatic heterocycles. The van der Waals surface area contributed by atoms with Crippen molar-refractivity contribution in [2.75, 3.05) is 6.54 Å². The molecule has 5 heteroatoms. The molecule has 1 N–H and O–H groups in total. The first kappa shape index (κ1) is 17.5. The third-order valence-corrected chi connectivity index (χ3v) is 4.86. The van der Waals surface area contributed by atoms with Gasteiger partial charge in [0.1, 0.15) is 5.52 Å². The molecule has 2 aromatic heterocycles. The summed E-state index contributed by atoms with van der Waals surface area (Å²) in [5.74, 6) is 0.668. The average Bonchev–Trinajstić information content (AvgIpc) is 2.97. The summed E-state index contributed by atoms with van der Waals surface area (Å²) in [5, 5.41) is 4.09. The van der Waals surface area contributed by atoms with Gasteiger partial charge in [0.2, 0.25) is 5.91 Å². The maximum absolute atomic E-state index is 12.2. The molecular weight excluding hydrogens is 336 g/mol. The minimum Gasteiger partial charge on any atom is -0.356 e. The summed E-state index contributed by atoms with van der Waals surface area (Å²) in [7, 11) is 0. The third kappa shape index (κ3) is 3.50. The lowest BCUT2D eigenvalue weighted by molar-refractivity contribution is -0.121. The fourth-order valence-electron chi connectivity index (χ4n) is 3.41. The predicted molar refractivity (Wildman–Crippen MR) is 110 cm³/mol. The Balaban J connectivity index is 1.68. The number of amides is 1. The summed E-state index contributed by atoms with van der Waals surface area (Å²) in [6.07, 6.45) is 1.43. The van der Waals surface area contributed by atoms with Crippen molar-refractivity contribution in [3.63, 3.8) is 0 Å². The molecule has 2 heterocycles. The molecule has 0 atom stereocenters. The summed E-state index contributed by atoms with van der Waals surface area (Å²) in [5.41, 5.74) is 4.56. The SMILES string of the molecule is CC(C)CCNC(=O)CCn1c2ccccc2c2nc3ccccc3nc21. The van der Waals surface area contributed by atoms with Gasteiger partial charge in [0, 0.05) is 24.9 Å². The van der Waals surface area contributed by atoms with Gasteiger partial charge in [-0.3, -0.25) is 4.79 Å². The number of benzene rings is 2. The Morgan fingerprint density at radius 2 is 1.74 bits per heavy atom. The number of nitrogens with one attached hydrogen (secondary N) is 1. The molecule has 4 rings (SSSR count). The van der Waals surface area contributed by atoms with Gasteiger partial charge in [-0.1, -0.05) is 44.2 Å². The molecule has 0 saturated heterocycles. The zero-order valence-electron chi connectivity index (χ0n) is 15.8. The zero-order valence-corrected chi connectivity index (χ0v) is 15.8. The zero-order chi connectivity index (χ0) is 18.8. The van der Waals surface area contributed by atoms with Gasteiger partial charge in [0.25, 0.3) is 0 Å². The number of rotatable bonds is 6. The standard InChI is InChI=1S/C22H24N4O/c1-15(2)11-13-23-20(27)12-14-26-19-10-6-3-7-16(19)21-22(26)25-18-9-5-4-8-17(18)24-21/h3-10,15H,11-14H2,1-2H3,(H,23,27). The number of carbonyl (C=O) groups is 1. The Bertz CT molecular complexity index is 1110. The van der Waals surface area contributed by atoms with Crippen LogP contribution in [-0.2, 0) is 11.3 Å². The van der Waals surface area contributed by atoms with E-state index in [9.17, 15) is 4.79 Å². The van der Waals surface area contributed by atoms with E-state index in [-0.39, 0.29) is 5.91 Å². The van der Waals surface area contributed by atoms with Crippen LogP contribution in [0.1, 0.15) is 26.7 Å². The van der Waals surface area contributed by atoms with Gasteiger partial charge in [-0.2, -0.15) is 0 Å². The van der Waals surface area contributed by atoms with Crippen molar-refractivity contribution in [3.8, 4) is 0 Å². The smallest absolute Gasteiger partial charge is 0.221 e. The van der Waals surface area contributed by atoms with E-state index in [0.29, 0.717) is 18.9 Å². The van der Waals surface area contributed by atoms with E-state index in [0.717, 1.165) is 46.1 Å². The van der Waals surface area contributed by atoms with Crippen LogP contribution in [0.4, 0.5) is 0 Å². The first-order chi connectivity index (χ1) is 13.1. The van der Waals surface area contributed by atoms with Crippen LogP contribution in [0.15, 0.2) is 48.5 Å². The van der Waals surface area contributed by atoms with Crippen molar-refractivity contribution >= 4 is 39.0 Å². The molecule has 1 amide bonds. The van der Waals surface area contributed by atoms with E-state index in [4.69, 9.17) is 9.97 Å². The highest BCUT2D eigenvalue weighted by atomic mass is 16.1. The van der Waals surface area contributed by atoms with Crippen molar-refractivity contribution in [3.05, 3.63) is 48.5 Å². The average molecular weight is 360 g/mol.